The summed E-state index contributed by atoms with van der Waals surface area (Å²) < 4.78 is 28.4. The van der Waals surface area contributed by atoms with E-state index in [1.807, 2.05) is 49.4 Å². The first-order valence-electron chi connectivity index (χ1n) is 10.8. The van der Waals surface area contributed by atoms with Gasteiger partial charge in [0.05, 0.1) is 16.3 Å². The smallest absolute Gasteiger partial charge is 0.261 e. The Morgan fingerprint density at radius 2 is 1.58 bits per heavy atom. The molecule has 4 rings (SSSR count). The van der Waals surface area contributed by atoms with Gasteiger partial charge >= 0.3 is 0 Å². The third kappa shape index (κ3) is 5.57. The van der Waals surface area contributed by atoms with E-state index in [2.05, 4.69) is 40.9 Å². The summed E-state index contributed by atoms with van der Waals surface area (Å²) in [7, 11) is -3.67. The monoisotopic (exact) mass is 454 g/mol. The molecule has 0 atom stereocenters. The molecule has 1 N–H and O–H groups in total. The van der Waals surface area contributed by atoms with Crippen LogP contribution < -0.4 is 4.72 Å². The van der Waals surface area contributed by atoms with Crippen molar-refractivity contribution >= 4 is 21.8 Å². The van der Waals surface area contributed by atoms with Gasteiger partial charge in [-0.2, -0.15) is 0 Å². The van der Waals surface area contributed by atoms with E-state index < -0.39 is 10.0 Å². The number of pyridine rings is 1. The Morgan fingerprint density at radius 1 is 0.848 bits per heavy atom. The molecule has 33 heavy (non-hydrogen) atoms. The van der Waals surface area contributed by atoms with Crippen LogP contribution in [-0.4, -0.2) is 13.4 Å². The van der Waals surface area contributed by atoms with Crippen molar-refractivity contribution in [3.63, 3.8) is 0 Å². The van der Waals surface area contributed by atoms with Crippen molar-refractivity contribution in [1.82, 2.24) is 4.98 Å². The summed E-state index contributed by atoms with van der Waals surface area (Å²) in [6.07, 6.45) is 6.50. The molecule has 0 unspecified atom stereocenters. The normalized spacial score (nSPS) is 11.6. The third-order valence-corrected chi connectivity index (χ3v) is 6.76. The highest BCUT2D eigenvalue weighted by atomic mass is 32.2. The van der Waals surface area contributed by atoms with E-state index in [4.69, 9.17) is 0 Å². The Hall–Kier alpha value is -3.70. The van der Waals surface area contributed by atoms with Crippen LogP contribution in [0.4, 0.5) is 5.69 Å². The number of aromatic nitrogens is 1. The molecule has 1 heterocycles. The highest BCUT2D eigenvalue weighted by Crippen LogP contribution is 2.25. The van der Waals surface area contributed by atoms with Crippen LogP contribution in [0.25, 0.3) is 17.3 Å². The molecule has 0 spiro atoms. The zero-order valence-electron chi connectivity index (χ0n) is 18.7. The van der Waals surface area contributed by atoms with E-state index in [-0.39, 0.29) is 4.90 Å². The van der Waals surface area contributed by atoms with Crippen molar-refractivity contribution in [3.05, 3.63) is 119 Å². The fraction of sp³-hybridized carbons (Fsp3) is 0.107. The fourth-order valence-electron chi connectivity index (χ4n) is 3.60. The van der Waals surface area contributed by atoms with Crippen LogP contribution in [0.1, 0.15) is 22.3 Å². The minimum Gasteiger partial charge on any atom is -0.279 e. The van der Waals surface area contributed by atoms with Gasteiger partial charge in [0.1, 0.15) is 0 Å². The Bertz CT molecular complexity index is 1380. The lowest BCUT2D eigenvalue weighted by atomic mass is 9.98. The number of nitrogens with one attached hydrogen (secondary N) is 1. The summed E-state index contributed by atoms with van der Waals surface area (Å²) in [5.41, 5.74) is 6.75. The summed E-state index contributed by atoms with van der Waals surface area (Å²) >= 11 is 0. The Balaban J connectivity index is 1.57. The van der Waals surface area contributed by atoms with E-state index in [9.17, 15) is 8.42 Å². The van der Waals surface area contributed by atoms with Crippen LogP contribution in [0.15, 0.2) is 102 Å². The number of nitrogens with zero attached hydrogens (tertiary/aromatic N) is 1. The molecule has 4 aromatic rings. The van der Waals surface area contributed by atoms with Crippen molar-refractivity contribution in [3.8, 4) is 11.3 Å². The lowest BCUT2D eigenvalue weighted by Gasteiger charge is -2.11. The van der Waals surface area contributed by atoms with Gasteiger partial charge < -0.3 is 0 Å². The minimum atomic E-state index is -3.67. The van der Waals surface area contributed by atoms with Crippen molar-refractivity contribution in [2.45, 2.75) is 25.2 Å². The van der Waals surface area contributed by atoms with Gasteiger partial charge in [-0.25, -0.2) is 8.42 Å². The maximum atomic E-state index is 12.9. The van der Waals surface area contributed by atoms with Gasteiger partial charge in [0.15, 0.2) is 0 Å². The Labute approximate surface area is 195 Å². The molecule has 0 saturated carbocycles. The number of rotatable bonds is 7. The van der Waals surface area contributed by atoms with Gasteiger partial charge in [0.2, 0.25) is 0 Å². The highest BCUT2D eigenvalue weighted by Gasteiger charge is 2.15. The number of hydrogen-bond acceptors (Lipinski definition) is 3. The van der Waals surface area contributed by atoms with Crippen LogP contribution in [0.2, 0.25) is 0 Å². The quantitative estimate of drug-likeness (QED) is 0.350. The van der Waals surface area contributed by atoms with Gasteiger partial charge in [0.25, 0.3) is 10.0 Å². The predicted octanol–water partition coefficient (Wildman–Crippen LogP) is 6.42. The molecule has 4 nitrogen and oxygen atoms in total. The predicted molar refractivity (Wildman–Crippen MR) is 136 cm³/mol. The third-order valence-electron chi connectivity index (χ3n) is 5.38. The Morgan fingerprint density at radius 3 is 2.33 bits per heavy atom. The summed E-state index contributed by atoms with van der Waals surface area (Å²) in [4.78, 5) is 4.75. The van der Waals surface area contributed by atoms with Crippen molar-refractivity contribution in [1.29, 1.82) is 0 Å². The van der Waals surface area contributed by atoms with E-state index in [0.29, 0.717) is 12.1 Å². The number of allylic oxidation sites excluding steroid dienone is 1. The summed E-state index contributed by atoms with van der Waals surface area (Å²) in [6.45, 7) is 4.00. The number of para-hydroxylation sites is 1. The van der Waals surface area contributed by atoms with Gasteiger partial charge in [-0.3, -0.25) is 9.71 Å². The molecular weight excluding hydrogens is 428 g/mol. The van der Waals surface area contributed by atoms with Crippen LogP contribution >= 0.6 is 0 Å². The fourth-order valence-corrected chi connectivity index (χ4v) is 4.69. The standard InChI is InChI=1S/C28H26N2O2S/c1-21-14-17-25(18-15-21)33(31,32)30-27-11-4-3-8-24(27)10-7-9-23-16-13-22(2)20-26(23)28-12-5-6-19-29-28/h3-8,10-20,30H,9H2,1-2H3/b10-7+. The molecule has 0 amide bonds. The molecule has 0 saturated heterocycles. The first-order valence-corrected chi connectivity index (χ1v) is 12.3. The van der Waals surface area contributed by atoms with Gasteiger partial charge in [0, 0.05) is 11.8 Å². The number of anilines is 1. The van der Waals surface area contributed by atoms with E-state index >= 15 is 0 Å². The molecule has 3 aromatic carbocycles. The van der Waals surface area contributed by atoms with Crippen LogP contribution in [0.3, 0.4) is 0 Å². The molecule has 0 radical (unpaired) electrons. The van der Waals surface area contributed by atoms with Gasteiger partial charge in [-0.05, 0) is 67.8 Å². The van der Waals surface area contributed by atoms with Gasteiger partial charge in [-0.15, -0.1) is 0 Å². The molecule has 166 valence electrons. The average Bonchev–Trinajstić information content (AvgIpc) is 2.82. The second-order valence-corrected chi connectivity index (χ2v) is 9.67. The summed E-state index contributed by atoms with van der Waals surface area (Å²) in [5, 5.41) is 0. The average molecular weight is 455 g/mol. The van der Waals surface area contributed by atoms with E-state index in [1.165, 1.54) is 5.56 Å². The maximum absolute atomic E-state index is 12.9. The minimum absolute atomic E-state index is 0.242. The SMILES string of the molecule is Cc1ccc(S(=O)(=O)Nc2ccccc2/C=C/Cc2ccc(C)cc2-c2ccccn2)cc1. The van der Waals surface area contributed by atoms with Gasteiger partial charge in [-0.1, -0.05) is 71.8 Å². The van der Waals surface area contributed by atoms with Crippen molar-refractivity contribution in [2.75, 3.05) is 4.72 Å². The molecule has 0 aliphatic rings. The zero-order valence-corrected chi connectivity index (χ0v) is 19.5. The summed E-state index contributed by atoms with van der Waals surface area (Å²) in [6, 6.07) is 26.5. The van der Waals surface area contributed by atoms with Crippen LogP contribution in [-0.2, 0) is 16.4 Å². The molecule has 0 aliphatic heterocycles. The second kappa shape index (κ2) is 9.84. The molecule has 0 aliphatic carbocycles. The summed E-state index contributed by atoms with van der Waals surface area (Å²) in [5.74, 6) is 0. The van der Waals surface area contributed by atoms with E-state index in [0.717, 1.165) is 27.9 Å². The highest BCUT2D eigenvalue weighted by molar-refractivity contribution is 7.92. The van der Waals surface area contributed by atoms with Crippen LogP contribution in [0, 0.1) is 13.8 Å². The van der Waals surface area contributed by atoms with E-state index in [1.54, 1.807) is 36.5 Å². The topological polar surface area (TPSA) is 59.1 Å². The molecule has 0 fully saturated rings. The second-order valence-electron chi connectivity index (χ2n) is 7.99. The molecule has 1 aromatic heterocycles. The maximum Gasteiger partial charge on any atom is 0.261 e. The lowest BCUT2D eigenvalue weighted by molar-refractivity contribution is 0.601. The number of hydrogen-bond donors (Lipinski definition) is 1. The first-order chi connectivity index (χ1) is 15.9. The first kappa shape index (κ1) is 22.5. The number of benzene rings is 3. The molecule has 0 bridgehead atoms. The largest absolute Gasteiger partial charge is 0.279 e. The molecular formula is C28H26N2O2S. The number of sulfonamides is 1. The van der Waals surface area contributed by atoms with Crippen molar-refractivity contribution < 1.29 is 8.42 Å². The van der Waals surface area contributed by atoms with Crippen molar-refractivity contribution in [2.24, 2.45) is 0 Å². The molecule has 5 heteroatoms. The number of aryl methyl sites for hydroxylation is 2. The van der Waals surface area contributed by atoms with Crippen LogP contribution in [0.5, 0.6) is 0 Å². The Kier molecular flexibility index (Phi) is 6.71. The zero-order chi connectivity index (χ0) is 23.3. The lowest BCUT2D eigenvalue weighted by Crippen LogP contribution is -2.13.